The molecule has 1 amide bonds. The summed E-state index contributed by atoms with van der Waals surface area (Å²) in [6.07, 6.45) is 0.208. The highest BCUT2D eigenvalue weighted by molar-refractivity contribution is 5.80. The number of hydrogen-bond acceptors (Lipinski definition) is 4. The van der Waals surface area contributed by atoms with Crippen LogP contribution in [0.3, 0.4) is 0 Å². The van der Waals surface area contributed by atoms with Gasteiger partial charge in [-0.15, -0.1) is 0 Å². The minimum absolute atomic E-state index is 0.00451. The Morgan fingerprint density at radius 3 is 2.69 bits per heavy atom. The summed E-state index contributed by atoms with van der Waals surface area (Å²) in [5.74, 6) is -0.789. The van der Waals surface area contributed by atoms with E-state index in [1.807, 2.05) is 12.1 Å². The molecule has 134 valence electrons. The number of oxazole rings is 1. The predicted octanol–water partition coefficient (Wildman–Crippen LogP) is 2.15. The molecule has 0 unspecified atom stereocenters. The fraction of sp³-hybridized carbons (Fsp3) is 0.263. The summed E-state index contributed by atoms with van der Waals surface area (Å²) < 4.78 is 18.3. The Hall–Kier alpha value is -3.09. The Balaban J connectivity index is 1.39. The van der Waals surface area contributed by atoms with Crippen molar-refractivity contribution in [2.75, 3.05) is 31.1 Å². The molecular formula is C19H18FN3O3. The smallest absolute Gasteiger partial charge is 0.408 e. The minimum atomic E-state index is -0.468. The van der Waals surface area contributed by atoms with Crippen molar-refractivity contribution >= 4 is 22.7 Å². The van der Waals surface area contributed by atoms with E-state index in [0.717, 1.165) is 5.69 Å². The fourth-order valence-electron chi connectivity index (χ4n) is 3.28. The molecule has 0 radical (unpaired) electrons. The molecule has 1 fully saturated rings. The third kappa shape index (κ3) is 3.33. The van der Waals surface area contributed by atoms with Crippen LogP contribution in [0.4, 0.5) is 10.1 Å². The molecule has 2 heterocycles. The summed E-state index contributed by atoms with van der Waals surface area (Å²) in [5.41, 5.74) is 2.86. The van der Waals surface area contributed by atoms with E-state index in [9.17, 15) is 14.0 Å². The van der Waals surface area contributed by atoms with E-state index in [1.165, 1.54) is 12.1 Å². The molecule has 1 aromatic heterocycles. The normalized spacial score (nSPS) is 14.8. The molecule has 26 heavy (non-hydrogen) atoms. The lowest BCUT2D eigenvalue weighted by Crippen LogP contribution is -2.49. The predicted molar refractivity (Wildman–Crippen MR) is 95.7 cm³/mol. The highest BCUT2D eigenvalue weighted by atomic mass is 19.1. The molecule has 0 saturated carbocycles. The topological polar surface area (TPSA) is 69.6 Å². The number of aromatic amines is 1. The largest absolute Gasteiger partial charge is 0.417 e. The maximum Gasteiger partial charge on any atom is 0.417 e. The van der Waals surface area contributed by atoms with Crippen molar-refractivity contribution in [3.8, 4) is 0 Å². The molecule has 4 rings (SSSR count). The van der Waals surface area contributed by atoms with Crippen molar-refractivity contribution in [3.63, 3.8) is 0 Å². The molecule has 1 N–H and O–H groups in total. The van der Waals surface area contributed by atoms with E-state index in [-0.39, 0.29) is 18.1 Å². The van der Waals surface area contributed by atoms with Gasteiger partial charge in [-0.25, -0.2) is 9.18 Å². The first-order valence-electron chi connectivity index (χ1n) is 8.48. The van der Waals surface area contributed by atoms with Crippen molar-refractivity contribution in [1.82, 2.24) is 9.88 Å². The zero-order valence-electron chi connectivity index (χ0n) is 14.1. The summed E-state index contributed by atoms with van der Waals surface area (Å²) in [4.78, 5) is 30.3. The van der Waals surface area contributed by atoms with E-state index in [4.69, 9.17) is 4.42 Å². The molecule has 1 aliphatic heterocycles. The van der Waals surface area contributed by atoms with Crippen LogP contribution in [-0.2, 0) is 11.2 Å². The number of H-pyrrole nitrogens is 1. The average Bonchev–Trinajstić information content (AvgIpc) is 3.01. The number of anilines is 1. The van der Waals surface area contributed by atoms with Gasteiger partial charge in [-0.3, -0.25) is 9.78 Å². The van der Waals surface area contributed by atoms with Crippen LogP contribution in [-0.4, -0.2) is 42.0 Å². The van der Waals surface area contributed by atoms with Gasteiger partial charge < -0.3 is 14.2 Å². The van der Waals surface area contributed by atoms with Gasteiger partial charge in [0.2, 0.25) is 5.91 Å². The fourth-order valence-corrected chi connectivity index (χ4v) is 3.28. The Morgan fingerprint density at radius 2 is 1.92 bits per heavy atom. The summed E-state index contributed by atoms with van der Waals surface area (Å²) in [5, 5.41) is 0. The lowest BCUT2D eigenvalue weighted by Gasteiger charge is -2.36. The Bertz CT molecular complexity index is 1000. The van der Waals surface area contributed by atoms with Crippen molar-refractivity contribution in [3.05, 3.63) is 64.4 Å². The number of amides is 1. The van der Waals surface area contributed by atoms with E-state index >= 15 is 0 Å². The molecule has 1 saturated heterocycles. The van der Waals surface area contributed by atoms with Crippen LogP contribution in [0.1, 0.15) is 5.56 Å². The number of rotatable bonds is 3. The minimum Gasteiger partial charge on any atom is -0.408 e. The summed E-state index contributed by atoms with van der Waals surface area (Å²) in [6.45, 7) is 2.60. The number of carbonyl (C=O) groups is 1. The molecular weight excluding hydrogens is 337 g/mol. The number of carbonyl (C=O) groups excluding carboxylic acids is 1. The molecule has 0 atom stereocenters. The summed E-state index contributed by atoms with van der Waals surface area (Å²) in [7, 11) is 0. The highest BCUT2D eigenvalue weighted by Gasteiger charge is 2.22. The van der Waals surface area contributed by atoms with Crippen molar-refractivity contribution in [2.45, 2.75) is 6.42 Å². The molecule has 0 bridgehead atoms. The number of nitrogens with zero attached hydrogens (tertiary/aromatic N) is 2. The second-order valence-corrected chi connectivity index (χ2v) is 6.37. The summed E-state index contributed by atoms with van der Waals surface area (Å²) >= 11 is 0. The molecule has 3 aromatic rings. The van der Waals surface area contributed by atoms with E-state index in [1.54, 1.807) is 23.1 Å². The van der Waals surface area contributed by atoms with E-state index < -0.39 is 5.76 Å². The summed E-state index contributed by atoms with van der Waals surface area (Å²) in [6, 6.07) is 11.7. The van der Waals surface area contributed by atoms with Gasteiger partial charge in [-0.05, 0) is 35.9 Å². The molecule has 1 aliphatic rings. The van der Waals surface area contributed by atoms with Crippen LogP contribution in [0, 0.1) is 5.82 Å². The third-order valence-electron chi connectivity index (χ3n) is 4.64. The maximum absolute atomic E-state index is 13.3. The van der Waals surface area contributed by atoms with Crippen molar-refractivity contribution < 1.29 is 13.6 Å². The number of aromatic nitrogens is 1. The van der Waals surface area contributed by atoms with Crippen LogP contribution in [0.2, 0.25) is 0 Å². The third-order valence-corrected chi connectivity index (χ3v) is 4.64. The van der Waals surface area contributed by atoms with Gasteiger partial charge in [0, 0.05) is 31.9 Å². The second kappa shape index (κ2) is 6.67. The molecule has 0 aliphatic carbocycles. The maximum atomic E-state index is 13.3. The Kier molecular flexibility index (Phi) is 4.20. The van der Waals surface area contributed by atoms with Crippen LogP contribution >= 0.6 is 0 Å². The average molecular weight is 355 g/mol. The van der Waals surface area contributed by atoms with Gasteiger partial charge >= 0.3 is 5.76 Å². The second-order valence-electron chi connectivity index (χ2n) is 6.37. The number of hydrogen-bond donors (Lipinski definition) is 1. The number of halogens is 1. The lowest BCUT2D eigenvalue weighted by molar-refractivity contribution is -0.130. The lowest BCUT2D eigenvalue weighted by atomic mass is 10.1. The van der Waals surface area contributed by atoms with Gasteiger partial charge in [0.15, 0.2) is 5.58 Å². The zero-order valence-corrected chi connectivity index (χ0v) is 14.1. The number of benzene rings is 2. The van der Waals surface area contributed by atoms with Gasteiger partial charge in [0.05, 0.1) is 11.9 Å². The highest BCUT2D eigenvalue weighted by Crippen LogP contribution is 2.21. The molecule has 6 nitrogen and oxygen atoms in total. The van der Waals surface area contributed by atoms with Crippen LogP contribution in [0.25, 0.3) is 11.1 Å². The number of fused-ring (bicyclic) bond motifs is 1. The monoisotopic (exact) mass is 355 g/mol. The Morgan fingerprint density at radius 1 is 1.12 bits per heavy atom. The molecule has 2 aromatic carbocycles. The first kappa shape index (κ1) is 16.4. The van der Waals surface area contributed by atoms with E-state index in [2.05, 4.69) is 9.88 Å². The quantitative estimate of drug-likeness (QED) is 0.782. The SMILES string of the molecule is O=C(Cc1cccc(F)c1)N1CCN(c2ccc3oc(=O)[nH]c3c2)CC1. The van der Waals surface area contributed by atoms with Gasteiger partial charge in [-0.2, -0.15) is 0 Å². The standard InChI is InChI=1S/C19H18FN3O3/c20-14-3-1-2-13(10-14)11-18(24)23-8-6-22(7-9-23)15-4-5-17-16(12-15)21-19(25)26-17/h1-5,10,12H,6-9,11H2,(H,21,25). The van der Waals surface area contributed by atoms with Crippen LogP contribution in [0.15, 0.2) is 51.7 Å². The van der Waals surface area contributed by atoms with Gasteiger partial charge in [0.25, 0.3) is 0 Å². The first-order valence-corrected chi connectivity index (χ1v) is 8.48. The number of nitrogens with one attached hydrogen (secondary N) is 1. The van der Waals surface area contributed by atoms with E-state index in [0.29, 0.717) is 42.8 Å². The number of piperazine rings is 1. The van der Waals surface area contributed by atoms with Gasteiger partial charge in [0.1, 0.15) is 5.82 Å². The van der Waals surface area contributed by atoms with Gasteiger partial charge in [-0.1, -0.05) is 12.1 Å². The van der Waals surface area contributed by atoms with Crippen molar-refractivity contribution in [2.24, 2.45) is 0 Å². The first-order chi connectivity index (χ1) is 12.6. The zero-order chi connectivity index (χ0) is 18.1. The molecule has 0 spiro atoms. The van der Waals surface area contributed by atoms with Crippen LogP contribution in [0.5, 0.6) is 0 Å². The van der Waals surface area contributed by atoms with Crippen LogP contribution < -0.4 is 10.7 Å². The molecule has 7 heteroatoms. The Labute approximate surface area is 148 Å². The van der Waals surface area contributed by atoms with Crippen molar-refractivity contribution in [1.29, 1.82) is 0 Å².